The molecule has 0 aliphatic carbocycles. The van der Waals surface area contributed by atoms with Crippen LogP contribution in [0.4, 0.5) is 0 Å². The van der Waals surface area contributed by atoms with Gasteiger partial charge in [-0.25, -0.2) is 0 Å². The van der Waals surface area contributed by atoms with Gasteiger partial charge in [-0.2, -0.15) is 0 Å². The lowest BCUT2D eigenvalue weighted by Crippen LogP contribution is -2.69. The van der Waals surface area contributed by atoms with Crippen LogP contribution in [0.25, 0.3) is 0 Å². The summed E-state index contributed by atoms with van der Waals surface area (Å²) in [4.78, 5) is 52.8. The summed E-state index contributed by atoms with van der Waals surface area (Å²) in [6.45, 7) is 2.16. The Morgan fingerprint density at radius 2 is 0.845 bits per heavy atom. The molecular formula is C48H88O10. The standard InChI is InChI=1S/C48H88O10/c1-3-5-7-9-11-13-15-17-19-20-22-24-26-28-30-32-34-36-44(54)48(58,45(55)38-37-41(51)46(56)42(52)39-49)47(57,40-50)43(53)35-33-31-29-27-25-23-21-18-16-14-12-10-8-6-4-2/h34,36,42,46,49-50,52,56-58H,3-33,35,37-40H2,1-2H3/b36-34+. The molecule has 4 atom stereocenters. The van der Waals surface area contributed by atoms with Crippen LogP contribution in [0.2, 0.25) is 0 Å². The van der Waals surface area contributed by atoms with E-state index in [2.05, 4.69) is 13.8 Å². The minimum absolute atomic E-state index is 0.276. The number of carbonyl (C=O) groups excluding carboxylic acids is 4. The Kier molecular flexibility index (Phi) is 35.8. The summed E-state index contributed by atoms with van der Waals surface area (Å²) in [6, 6.07) is 0. The van der Waals surface area contributed by atoms with E-state index in [1.165, 1.54) is 134 Å². The number of ketones is 4. The van der Waals surface area contributed by atoms with Crippen LogP contribution in [-0.2, 0) is 19.2 Å². The van der Waals surface area contributed by atoms with Crippen LogP contribution in [0.15, 0.2) is 12.2 Å². The highest BCUT2D eigenvalue weighted by Gasteiger charge is 2.62. The molecule has 0 heterocycles. The molecule has 10 nitrogen and oxygen atoms in total. The average Bonchev–Trinajstić information content (AvgIpc) is 3.23. The Bertz CT molecular complexity index is 1080. The fourth-order valence-electron chi connectivity index (χ4n) is 7.66. The normalized spacial score (nSPS) is 15.0. The fraction of sp³-hybridized carbons (Fsp3) is 0.875. The molecule has 0 spiro atoms. The van der Waals surface area contributed by atoms with Gasteiger partial charge in [-0.3, -0.25) is 19.2 Å². The van der Waals surface area contributed by atoms with E-state index in [4.69, 9.17) is 5.11 Å². The van der Waals surface area contributed by atoms with Gasteiger partial charge in [0.05, 0.1) is 13.2 Å². The molecule has 0 fully saturated rings. The minimum atomic E-state index is -3.37. The number of allylic oxidation sites excluding steroid dienone is 1. The van der Waals surface area contributed by atoms with Crippen LogP contribution in [0, 0.1) is 0 Å². The lowest BCUT2D eigenvalue weighted by Gasteiger charge is -2.38. The van der Waals surface area contributed by atoms with Gasteiger partial charge < -0.3 is 30.6 Å². The first-order chi connectivity index (χ1) is 28.0. The van der Waals surface area contributed by atoms with Crippen LogP contribution in [0.1, 0.15) is 232 Å². The molecule has 0 aromatic carbocycles. The first-order valence-corrected chi connectivity index (χ1v) is 23.8. The number of unbranched alkanes of at least 4 members (excludes halogenated alkanes) is 29. The number of aliphatic hydroxyl groups is 6. The van der Waals surface area contributed by atoms with Crippen molar-refractivity contribution in [3.63, 3.8) is 0 Å². The molecule has 0 aliphatic heterocycles. The van der Waals surface area contributed by atoms with Gasteiger partial charge in [0, 0.05) is 19.3 Å². The minimum Gasteiger partial charge on any atom is -0.394 e. The van der Waals surface area contributed by atoms with E-state index in [0.717, 1.165) is 57.4 Å². The average molecular weight is 825 g/mol. The molecule has 0 saturated carbocycles. The second-order valence-electron chi connectivity index (χ2n) is 16.9. The van der Waals surface area contributed by atoms with Gasteiger partial charge in [0.25, 0.3) is 0 Å². The lowest BCUT2D eigenvalue weighted by molar-refractivity contribution is -0.192. The van der Waals surface area contributed by atoms with Gasteiger partial charge >= 0.3 is 0 Å². The van der Waals surface area contributed by atoms with Gasteiger partial charge in [0.15, 0.2) is 28.7 Å². The maximum absolute atomic E-state index is 13.5. The van der Waals surface area contributed by atoms with E-state index in [1.54, 1.807) is 0 Å². The van der Waals surface area contributed by atoms with Crippen molar-refractivity contribution in [1.82, 2.24) is 0 Å². The van der Waals surface area contributed by atoms with Gasteiger partial charge in [0.2, 0.25) is 5.60 Å². The molecule has 0 amide bonds. The summed E-state index contributed by atoms with van der Waals surface area (Å²) >= 11 is 0. The largest absolute Gasteiger partial charge is 0.394 e. The third kappa shape index (κ3) is 24.4. The Morgan fingerprint density at radius 1 is 0.483 bits per heavy atom. The molecule has 0 aromatic heterocycles. The summed E-state index contributed by atoms with van der Waals surface area (Å²) in [7, 11) is 0. The van der Waals surface area contributed by atoms with Crippen LogP contribution in [0.5, 0.6) is 0 Å². The molecule has 10 heteroatoms. The van der Waals surface area contributed by atoms with E-state index in [1.807, 2.05) is 0 Å². The number of carbonyl (C=O) groups is 4. The molecule has 0 aliphatic rings. The summed E-state index contributed by atoms with van der Waals surface area (Å²) in [5.74, 6) is -4.73. The van der Waals surface area contributed by atoms with Crippen LogP contribution in [0.3, 0.4) is 0 Å². The maximum Gasteiger partial charge on any atom is 0.223 e. The molecule has 340 valence electrons. The zero-order valence-corrected chi connectivity index (χ0v) is 37.1. The highest BCUT2D eigenvalue weighted by Crippen LogP contribution is 2.31. The molecule has 0 rings (SSSR count). The summed E-state index contributed by atoms with van der Waals surface area (Å²) in [6.07, 6.45) is 32.1. The van der Waals surface area contributed by atoms with Crippen molar-refractivity contribution in [1.29, 1.82) is 0 Å². The van der Waals surface area contributed by atoms with Crippen molar-refractivity contribution in [2.45, 2.75) is 256 Å². The Hall–Kier alpha value is -1.82. The van der Waals surface area contributed by atoms with E-state index in [0.29, 0.717) is 19.3 Å². The predicted molar refractivity (Wildman–Crippen MR) is 234 cm³/mol. The van der Waals surface area contributed by atoms with Crippen molar-refractivity contribution in [2.75, 3.05) is 13.2 Å². The van der Waals surface area contributed by atoms with Gasteiger partial charge in [-0.05, 0) is 25.3 Å². The summed E-state index contributed by atoms with van der Waals surface area (Å²) < 4.78 is 0. The van der Waals surface area contributed by atoms with Crippen molar-refractivity contribution >= 4 is 23.1 Å². The molecule has 58 heavy (non-hydrogen) atoms. The molecular weight excluding hydrogens is 737 g/mol. The highest BCUT2D eigenvalue weighted by molar-refractivity contribution is 6.20. The second-order valence-corrected chi connectivity index (χ2v) is 16.9. The monoisotopic (exact) mass is 825 g/mol. The molecule has 4 unspecified atom stereocenters. The third-order valence-corrected chi connectivity index (χ3v) is 11.8. The van der Waals surface area contributed by atoms with E-state index in [-0.39, 0.29) is 6.42 Å². The SMILES string of the molecule is CCCCCCCCCCCCCCCCC/C=C/C(=O)C(O)(C(=O)CCC(=O)C(O)C(O)CO)C(O)(CO)C(=O)CCCCCCCCCCCCCCCCC. The van der Waals surface area contributed by atoms with Crippen molar-refractivity contribution < 1.29 is 49.8 Å². The quantitative estimate of drug-likeness (QED) is 0.0196. The molecule has 0 aromatic rings. The topological polar surface area (TPSA) is 190 Å². The number of Topliss-reactive ketones (excluding diaryl/α,β-unsaturated/α-hetero) is 3. The third-order valence-electron chi connectivity index (χ3n) is 11.8. The van der Waals surface area contributed by atoms with Gasteiger partial charge in [-0.15, -0.1) is 0 Å². The number of aliphatic hydroxyl groups excluding tert-OH is 4. The van der Waals surface area contributed by atoms with E-state index >= 15 is 0 Å². The lowest BCUT2D eigenvalue weighted by atomic mass is 9.71. The smallest absolute Gasteiger partial charge is 0.223 e. The van der Waals surface area contributed by atoms with E-state index < -0.39 is 72.6 Å². The maximum atomic E-state index is 13.5. The fourth-order valence-corrected chi connectivity index (χ4v) is 7.66. The summed E-state index contributed by atoms with van der Waals surface area (Å²) in [5, 5.41) is 62.0. The molecule has 0 bridgehead atoms. The van der Waals surface area contributed by atoms with Gasteiger partial charge in [-0.1, -0.05) is 200 Å². The number of hydrogen-bond acceptors (Lipinski definition) is 10. The van der Waals surface area contributed by atoms with Gasteiger partial charge in [0.1, 0.15) is 12.2 Å². The number of rotatable bonds is 44. The Labute approximate surface area is 353 Å². The second kappa shape index (κ2) is 37.0. The zero-order valence-electron chi connectivity index (χ0n) is 37.1. The Morgan fingerprint density at radius 3 is 1.21 bits per heavy atom. The highest BCUT2D eigenvalue weighted by atomic mass is 16.4. The number of hydrogen-bond donors (Lipinski definition) is 6. The molecule has 0 saturated heterocycles. The van der Waals surface area contributed by atoms with Crippen molar-refractivity contribution in [3.8, 4) is 0 Å². The van der Waals surface area contributed by atoms with Crippen LogP contribution >= 0.6 is 0 Å². The molecule has 6 N–H and O–H groups in total. The van der Waals surface area contributed by atoms with Crippen LogP contribution in [-0.4, -0.2) is 90.4 Å². The Balaban J connectivity index is 5.01. The van der Waals surface area contributed by atoms with Crippen molar-refractivity contribution in [2.24, 2.45) is 0 Å². The predicted octanol–water partition coefficient (Wildman–Crippen LogP) is 9.29. The van der Waals surface area contributed by atoms with Crippen LogP contribution < -0.4 is 0 Å². The zero-order chi connectivity index (χ0) is 43.3. The summed E-state index contributed by atoms with van der Waals surface area (Å²) in [5.41, 5.74) is -6.52. The molecule has 0 radical (unpaired) electrons. The van der Waals surface area contributed by atoms with E-state index in [9.17, 15) is 44.7 Å². The first-order valence-electron chi connectivity index (χ1n) is 23.8. The first kappa shape index (κ1) is 56.2. The van der Waals surface area contributed by atoms with Crippen molar-refractivity contribution in [3.05, 3.63) is 12.2 Å².